The molecule has 43 heavy (non-hydrogen) atoms. The zero-order valence-corrected chi connectivity index (χ0v) is 22.0. The summed E-state index contributed by atoms with van der Waals surface area (Å²) in [7, 11) is 0. The van der Waals surface area contributed by atoms with Crippen LogP contribution in [0.1, 0.15) is 11.7 Å². The molecule has 2 aromatic carbocycles. The molecule has 0 bridgehead atoms. The van der Waals surface area contributed by atoms with Crippen molar-refractivity contribution in [2.45, 2.75) is 61.2 Å². The summed E-state index contributed by atoms with van der Waals surface area (Å²) in [6, 6.07) is 5.24. The quantitative estimate of drug-likeness (QED) is 0.130. The van der Waals surface area contributed by atoms with Crippen LogP contribution >= 0.6 is 0 Å². The van der Waals surface area contributed by atoms with Crippen molar-refractivity contribution in [3.05, 3.63) is 46.1 Å². The Morgan fingerprint density at radius 2 is 1.35 bits per heavy atom. The van der Waals surface area contributed by atoms with E-state index in [0.717, 1.165) is 24.3 Å². The molecule has 234 valence electrons. The average molecular weight is 611 g/mol. The smallest absolute Gasteiger partial charge is 0.197 e. The van der Waals surface area contributed by atoms with Crippen LogP contribution in [0, 0.1) is 0 Å². The number of fused-ring (bicyclic) bond motifs is 1. The first-order valence-electron chi connectivity index (χ1n) is 13.0. The summed E-state index contributed by atoms with van der Waals surface area (Å²) in [5.41, 5.74) is -1.66. The van der Waals surface area contributed by atoms with E-state index in [4.69, 9.17) is 18.6 Å². The van der Waals surface area contributed by atoms with Gasteiger partial charge in [0.1, 0.15) is 77.6 Å². The van der Waals surface area contributed by atoms with Crippen molar-refractivity contribution in [2.24, 2.45) is 0 Å². The lowest BCUT2D eigenvalue weighted by Gasteiger charge is -2.46. The Hall–Kier alpha value is -3.55. The number of phenols is 4. The maximum Gasteiger partial charge on any atom is 0.197 e. The zero-order valence-electron chi connectivity index (χ0n) is 22.0. The minimum absolute atomic E-state index is 0.0884. The van der Waals surface area contributed by atoms with E-state index in [1.54, 1.807) is 0 Å². The molecule has 16 nitrogen and oxygen atoms in total. The number of phenolic OH excluding ortho intramolecular Hbond substituents is 4. The summed E-state index contributed by atoms with van der Waals surface area (Å²) in [6.45, 7) is -1.66. The van der Waals surface area contributed by atoms with E-state index in [9.17, 15) is 61.0 Å². The highest BCUT2D eigenvalue weighted by Gasteiger charge is 2.52. The van der Waals surface area contributed by atoms with Gasteiger partial charge in [-0.05, 0) is 18.2 Å². The van der Waals surface area contributed by atoms with Crippen LogP contribution in [0.15, 0.2) is 39.5 Å². The van der Waals surface area contributed by atoms with Gasteiger partial charge >= 0.3 is 0 Å². The molecule has 0 amide bonds. The monoisotopic (exact) mass is 610 g/mol. The highest BCUT2D eigenvalue weighted by Crippen LogP contribution is 2.45. The van der Waals surface area contributed by atoms with Gasteiger partial charge < -0.3 is 74.8 Å². The number of hydrogen-bond acceptors (Lipinski definition) is 16. The summed E-state index contributed by atoms with van der Waals surface area (Å²) in [5, 5.41) is 113. The number of ether oxygens (including phenoxy) is 3. The fraction of sp³-hybridized carbons (Fsp3) is 0.444. The van der Waals surface area contributed by atoms with E-state index in [2.05, 4.69) is 0 Å². The topological polar surface area (TPSA) is 280 Å². The Labute approximate surface area is 241 Å². The van der Waals surface area contributed by atoms with E-state index < -0.39 is 119 Å². The molecule has 0 saturated carbocycles. The van der Waals surface area contributed by atoms with Crippen molar-refractivity contribution in [3.63, 3.8) is 0 Å². The summed E-state index contributed by atoms with van der Waals surface area (Å²) >= 11 is 0. The first-order chi connectivity index (χ1) is 20.4. The molecule has 2 saturated heterocycles. The molecule has 3 aromatic rings. The molecule has 2 aliphatic rings. The lowest BCUT2D eigenvalue weighted by atomic mass is 9.89. The van der Waals surface area contributed by atoms with Crippen LogP contribution < -0.4 is 5.43 Å². The number of aliphatic hydroxyl groups excluding tert-OH is 7. The average Bonchev–Trinajstić information content (AvgIpc) is 2.97. The fourth-order valence-corrected chi connectivity index (χ4v) is 5.22. The van der Waals surface area contributed by atoms with Crippen molar-refractivity contribution in [1.82, 2.24) is 0 Å². The molecule has 5 rings (SSSR count). The van der Waals surface area contributed by atoms with Crippen LogP contribution in [0.4, 0.5) is 0 Å². The van der Waals surface area contributed by atoms with Crippen LogP contribution in [-0.4, -0.2) is 125 Å². The molecule has 16 heteroatoms. The van der Waals surface area contributed by atoms with E-state index >= 15 is 0 Å². The molecular formula is C27H30O16. The second-order valence-corrected chi connectivity index (χ2v) is 10.3. The van der Waals surface area contributed by atoms with Crippen LogP contribution in [0.25, 0.3) is 22.3 Å². The lowest BCUT2D eigenvalue weighted by molar-refractivity contribution is -0.342. The Morgan fingerprint density at radius 1 is 0.698 bits per heavy atom. The molecule has 2 fully saturated rings. The van der Waals surface area contributed by atoms with Crippen molar-refractivity contribution in [2.75, 3.05) is 13.2 Å². The second-order valence-electron chi connectivity index (χ2n) is 10.3. The molecule has 1 aromatic heterocycles. The molecule has 0 radical (unpaired) electrons. The first-order valence-corrected chi connectivity index (χ1v) is 13.0. The summed E-state index contributed by atoms with van der Waals surface area (Å²) in [5.74, 6) is -2.70. The van der Waals surface area contributed by atoms with Crippen molar-refractivity contribution < 1.29 is 74.8 Å². The van der Waals surface area contributed by atoms with Gasteiger partial charge in [0, 0.05) is 17.7 Å². The summed E-state index contributed by atoms with van der Waals surface area (Å²) < 4.78 is 22.7. The molecule has 11 N–H and O–H groups in total. The number of aliphatic hydroxyl groups is 7. The predicted octanol–water partition coefficient (Wildman–Crippen LogP) is -2.38. The summed E-state index contributed by atoms with van der Waals surface area (Å²) in [6.07, 6.45) is -17.7. The van der Waals surface area contributed by atoms with Gasteiger partial charge in [-0.25, -0.2) is 0 Å². The molecule has 0 unspecified atom stereocenters. The van der Waals surface area contributed by atoms with Crippen LogP contribution in [0.2, 0.25) is 0 Å². The maximum atomic E-state index is 13.2. The van der Waals surface area contributed by atoms with Crippen molar-refractivity contribution in [1.29, 1.82) is 0 Å². The highest BCUT2D eigenvalue weighted by molar-refractivity contribution is 5.89. The molecule has 2 aliphatic heterocycles. The van der Waals surface area contributed by atoms with E-state index in [1.165, 1.54) is 6.07 Å². The molecule has 10 atom stereocenters. The van der Waals surface area contributed by atoms with Gasteiger partial charge in [-0.1, -0.05) is 0 Å². The number of rotatable bonds is 6. The van der Waals surface area contributed by atoms with Gasteiger partial charge in [0.2, 0.25) is 0 Å². The number of benzene rings is 2. The van der Waals surface area contributed by atoms with Gasteiger partial charge in [-0.3, -0.25) is 4.79 Å². The Bertz CT molecular complexity index is 1540. The normalized spacial score (nSPS) is 33.1. The van der Waals surface area contributed by atoms with E-state index in [-0.39, 0.29) is 11.3 Å². The van der Waals surface area contributed by atoms with Crippen LogP contribution in [-0.2, 0) is 14.2 Å². The molecule has 0 aliphatic carbocycles. The highest BCUT2D eigenvalue weighted by atomic mass is 16.7. The largest absolute Gasteiger partial charge is 0.507 e. The van der Waals surface area contributed by atoms with E-state index in [0.29, 0.717) is 0 Å². The molecule has 0 spiro atoms. The van der Waals surface area contributed by atoms with Crippen molar-refractivity contribution >= 4 is 11.0 Å². The zero-order chi connectivity index (χ0) is 31.3. The first kappa shape index (κ1) is 30.9. The minimum atomic E-state index is -1.95. The van der Waals surface area contributed by atoms with Gasteiger partial charge in [0.05, 0.1) is 18.8 Å². The second kappa shape index (κ2) is 11.9. The van der Waals surface area contributed by atoms with Crippen LogP contribution in [0.5, 0.6) is 23.0 Å². The molecular weight excluding hydrogens is 580 g/mol. The Morgan fingerprint density at radius 3 is 2.00 bits per heavy atom. The van der Waals surface area contributed by atoms with E-state index in [1.807, 2.05) is 0 Å². The van der Waals surface area contributed by atoms with Gasteiger partial charge in [-0.15, -0.1) is 0 Å². The van der Waals surface area contributed by atoms with Gasteiger partial charge in [0.15, 0.2) is 28.8 Å². The summed E-state index contributed by atoms with van der Waals surface area (Å²) in [4.78, 5) is 13.2. The predicted molar refractivity (Wildman–Crippen MR) is 140 cm³/mol. The van der Waals surface area contributed by atoms with Gasteiger partial charge in [-0.2, -0.15) is 0 Å². The third kappa shape index (κ3) is 5.38. The fourth-order valence-electron chi connectivity index (χ4n) is 5.22. The number of aromatic hydroxyl groups is 4. The third-order valence-electron chi connectivity index (χ3n) is 7.55. The third-order valence-corrected chi connectivity index (χ3v) is 7.55. The molecule has 3 heterocycles. The maximum absolute atomic E-state index is 13.2. The minimum Gasteiger partial charge on any atom is -0.507 e. The van der Waals surface area contributed by atoms with Crippen molar-refractivity contribution in [3.8, 4) is 34.3 Å². The number of hydrogen-bond donors (Lipinski definition) is 11. The standard InChI is InChI=1S/C27H30O16/c28-6-15-20(36)22(38)26(43-27-23(39)21(37)19(35)16(7-29)42-27)25(41-15)18-12(33)4-11(32)17-13(34)5-14(40-24(17)18)8-1-2-9(30)10(31)3-8/h1-5,15-16,19-23,25-33,35-39H,6-7H2/t15-,16-,19+,20-,21+,22+,23-,25+,26-,27+/m1/s1. The Kier molecular flexibility index (Phi) is 8.52. The lowest BCUT2D eigenvalue weighted by Crippen LogP contribution is -2.62. The van der Waals surface area contributed by atoms with Crippen LogP contribution in [0.3, 0.4) is 0 Å². The SMILES string of the molecule is O=c1cc(-c2ccc(O)c(O)c2)oc2c([C@@H]3O[C@H](CO)[C@@H](O)[C@H](O)[C@H]3O[C@@H]3O[C@H](CO)[C@H](O)[C@H](O)[C@H]3O)c(O)cc(O)c12. The Balaban J connectivity index is 1.67. The van der Waals surface area contributed by atoms with Gasteiger partial charge in [0.25, 0.3) is 0 Å².